The Labute approximate surface area is 126 Å². The zero-order valence-corrected chi connectivity index (χ0v) is 13.6. The Kier molecular flexibility index (Phi) is 5.83. The lowest BCUT2D eigenvalue weighted by atomic mass is 10.3. The summed E-state index contributed by atoms with van der Waals surface area (Å²) in [4.78, 5) is 10.5. The molecule has 0 unspecified atom stereocenters. The normalized spacial score (nSPS) is 15.4. The van der Waals surface area contributed by atoms with Crippen LogP contribution in [0, 0.1) is 19.8 Å². The first-order chi connectivity index (χ1) is 9.69. The predicted octanol–water partition coefficient (Wildman–Crippen LogP) is 2.66. The summed E-state index contributed by atoms with van der Waals surface area (Å²) < 4.78 is 0. The van der Waals surface area contributed by atoms with E-state index in [9.17, 15) is 0 Å². The summed E-state index contributed by atoms with van der Waals surface area (Å²) >= 11 is 1.80. The second kappa shape index (κ2) is 7.62. The molecule has 0 saturated heterocycles. The Balaban J connectivity index is 1.72. The molecule has 1 saturated carbocycles. The zero-order chi connectivity index (χ0) is 14.4. The smallest absolute Gasteiger partial charge is 0.191 e. The van der Waals surface area contributed by atoms with Crippen molar-refractivity contribution in [3.63, 3.8) is 0 Å². The fourth-order valence-electron chi connectivity index (χ4n) is 2.04. The van der Waals surface area contributed by atoms with E-state index in [1.165, 1.54) is 29.1 Å². The van der Waals surface area contributed by atoms with Gasteiger partial charge in [0.25, 0.3) is 0 Å². The van der Waals surface area contributed by atoms with Crippen LogP contribution >= 0.6 is 11.3 Å². The lowest BCUT2D eigenvalue weighted by molar-refractivity contribution is 0.724. The topological polar surface area (TPSA) is 49.3 Å². The van der Waals surface area contributed by atoms with Crippen LogP contribution in [0.1, 0.15) is 41.8 Å². The zero-order valence-electron chi connectivity index (χ0n) is 12.8. The van der Waals surface area contributed by atoms with Crippen molar-refractivity contribution in [3.8, 4) is 0 Å². The minimum absolute atomic E-state index is 0.891. The van der Waals surface area contributed by atoms with E-state index in [1.807, 2.05) is 0 Å². The van der Waals surface area contributed by atoms with E-state index in [4.69, 9.17) is 0 Å². The summed E-state index contributed by atoms with van der Waals surface area (Å²) in [7, 11) is 0. The Morgan fingerprint density at radius 3 is 2.75 bits per heavy atom. The number of rotatable bonds is 7. The van der Waals surface area contributed by atoms with E-state index < -0.39 is 0 Å². The van der Waals surface area contributed by atoms with Gasteiger partial charge < -0.3 is 10.6 Å². The number of nitrogens with zero attached hydrogens (tertiary/aromatic N) is 2. The maximum Gasteiger partial charge on any atom is 0.191 e. The van der Waals surface area contributed by atoms with Crippen molar-refractivity contribution in [1.82, 2.24) is 15.6 Å². The van der Waals surface area contributed by atoms with E-state index >= 15 is 0 Å². The van der Waals surface area contributed by atoms with Gasteiger partial charge >= 0.3 is 0 Å². The van der Waals surface area contributed by atoms with Gasteiger partial charge in [-0.05, 0) is 33.1 Å². The molecular weight excluding hydrogens is 268 g/mol. The number of guanidine groups is 1. The van der Waals surface area contributed by atoms with Crippen molar-refractivity contribution in [1.29, 1.82) is 0 Å². The fraction of sp³-hybridized carbons (Fsp3) is 0.733. The molecule has 2 rings (SSSR count). The van der Waals surface area contributed by atoms with Gasteiger partial charge in [-0.2, -0.15) is 0 Å². The molecule has 1 aromatic heterocycles. The number of nitrogens with one attached hydrogen (secondary N) is 2. The largest absolute Gasteiger partial charge is 0.357 e. The highest BCUT2D eigenvalue weighted by Crippen LogP contribution is 2.32. The number of thiazole rings is 1. The Morgan fingerprint density at radius 2 is 2.15 bits per heavy atom. The summed E-state index contributed by atoms with van der Waals surface area (Å²) in [6.45, 7) is 9.05. The van der Waals surface area contributed by atoms with Crippen molar-refractivity contribution in [2.45, 2.75) is 46.5 Å². The maximum atomic E-state index is 4.62. The second-order valence-electron chi connectivity index (χ2n) is 5.42. The van der Waals surface area contributed by atoms with Crippen LogP contribution in [0.15, 0.2) is 4.99 Å². The van der Waals surface area contributed by atoms with Crippen LogP contribution in [0.3, 0.4) is 0 Å². The first-order valence-corrected chi connectivity index (χ1v) is 8.45. The highest BCUT2D eigenvalue weighted by Gasteiger charge is 2.20. The molecule has 4 nitrogen and oxygen atoms in total. The van der Waals surface area contributed by atoms with Crippen molar-refractivity contribution in [3.05, 3.63) is 15.6 Å². The number of hydrogen-bond donors (Lipinski definition) is 2. The summed E-state index contributed by atoms with van der Waals surface area (Å²) in [5.41, 5.74) is 1.16. The van der Waals surface area contributed by atoms with Crippen molar-refractivity contribution >= 4 is 17.3 Å². The molecular formula is C15H26N4S. The molecule has 0 atom stereocenters. The molecule has 1 aliphatic carbocycles. The van der Waals surface area contributed by atoms with Crippen LogP contribution in [-0.2, 0) is 6.42 Å². The van der Waals surface area contributed by atoms with E-state index in [0.29, 0.717) is 0 Å². The molecule has 0 radical (unpaired) electrons. The number of hydrogen-bond acceptors (Lipinski definition) is 3. The molecule has 0 amide bonds. The molecule has 0 bridgehead atoms. The highest BCUT2D eigenvalue weighted by atomic mass is 32.1. The van der Waals surface area contributed by atoms with Crippen LogP contribution < -0.4 is 10.6 Å². The molecule has 1 fully saturated rings. The Morgan fingerprint density at radius 1 is 1.35 bits per heavy atom. The quantitative estimate of drug-likeness (QED) is 0.600. The summed E-state index contributed by atoms with van der Waals surface area (Å²) in [5.74, 6) is 1.89. The van der Waals surface area contributed by atoms with Gasteiger partial charge in [0.2, 0.25) is 0 Å². The average molecular weight is 294 g/mol. The highest BCUT2D eigenvalue weighted by molar-refractivity contribution is 7.11. The van der Waals surface area contributed by atoms with E-state index in [2.05, 4.69) is 41.4 Å². The van der Waals surface area contributed by atoms with Crippen LogP contribution in [0.2, 0.25) is 0 Å². The van der Waals surface area contributed by atoms with Gasteiger partial charge in [-0.15, -0.1) is 11.3 Å². The van der Waals surface area contributed by atoms with Gasteiger partial charge in [0.05, 0.1) is 10.7 Å². The van der Waals surface area contributed by atoms with Gasteiger partial charge in [0.1, 0.15) is 0 Å². The predicted molar refractivity (Wildman–Crippen MR) is 86.6 cm³/mol. The lowest BCUT2D eigenvalue weighted by Gasteiger charge is -2.10. The monoisotopic (exact) mass is 294 g/mol. The van der Waals surface area contributed by atoms with E-state index in [0.717, 1.165) is 43.6 Å². The maximum absolute atomic E-state index is 4.62. The first kappa shape index (κ1) is 15.3. The van der Waals surface area contributed by atoms with Crippen LogP contribution in [0.25, 0.3) is 0 Å². The van der Waals surface area contributed by atoms with Gasteiger partial charge in [0.15, 0.2) is 5.96 Å². The number of aromatic nitrogens is 1. The molecule has 1 aliphatic rings. The Bertz CT molecular complexity index is 429. The third-order valence-electron chi connectivity index (χ3n) is 3.55. The first-order valence-electron chi connectivity index (χ1n) is 7.64. The summed E-state index contributed by atoms with van der Waals surface area (Å²) in [6.07, 6.45) is 5.01. The van der Waals surface area contributed by atoms with E-state index in [-0.39, 0.29) is 0 Å². The molecule has 20 heavy (non-hydrogen) atoms. The van der Waals surface area contributed by atoms with Crippen LogP contribution in [0.5, 0.6) is 0 Å². The van der Waals surface area contributed by atoms with Gasteiger partial charge in [-0.25, -0.2) is 4.98 Å². The number of aliphatic imine (C=N–C) groups is 1. The number of aryl methyl sites for hydroxylation is 2. The van der Waals surface area contributed by atoms with Gasteiger partial charge in [-0.3, -0.25) is 4.99 Å². The molecule has 5 heteroatoms. The van der Waals surface area contributed by atoms with Gasteiger partial charge in [-0.1, -0.05) is 12.8 Å². The summed E-state index contributed by atoms with van der Waals surface area (Å²) in [5, 5.41) is 7.91. The SMILES string of the molecule is CCNC(=NCCC1CC1)NCCc1nc(C)c(C)s1. The molecule has 2 N–H and O–H groups in total. The second-order valence-corrected chi connectivity index (χ2v) is 6.71. The standard InChI is InChI=1S/C15H26N4S/c1-4-16-15(17-9-7-13-5-6-13)18-10-8-14-19-11(2)12(3)20-14/h13H,4-10H2,1-3H3,(H2,16,17,18). The minimum Gasteiger partial charge on any atom is -0.357 e. The van der Waals surface area contributed by atoms with Crippen LogP contribution in [0.4, 0.5) is 0 Å². The fourth-order valence-corrected chi connectivity index (χ4v) is 2.97. The van der Waals surface area contributed by atoms with Crippen molar-refractivity contribution < 1.29 is 0 Å². The molecule has 0 aromatic carbocycles. The van der Waals surface area contributed by atoms with Crippen LogP contribution in [-0.4, -0.2) is 30.6 Å². The molecule has 0 spiro atoms. The third kappa shape index (κ3) is 5.12. The molecule has 112 valence electrons. The minimum atomic E-state index is 0.891. The van der Waals surface area contributed by atoms with Gasteiger partial charge in [0, 0.05) is 30.9 Å². The molecule has 1 aromatic rings. The van der Waals surface area contributed by atoms with Crippen molar-refractivity contribution in [2.75, 3.05) is 19.6 Å². The lowest BCUT2D eigenvalue weighted by Crippen LogP contribution is -2.38. The van der Waals surface area contributed by atoms with E-state index in [1.54, 1.807) is 11.3 Å². The Hall–Kier alpha value is -1.10. The molecule has 0 aliphatic heterocycles. The summed E-state index contributed by atoms with van der Waals surface area (Å²) in [6, 6.07) is 0. The average Bonchev–Trinajstić information content (AvgIpc) is 3.17. The molecule has 1 heterocycles. The third-order valence-corrected chi connectivity index (χ3v) is 4.69. The van der Waals surface area contributed by atoms with Crippen molar-refractivity contribution in [2.24, 2.45) is 10.9 Å².